The van der Waals surface area contributed by atoms with Gasteiger partial charge in [0.2, 0.25) is 0 Å². The second kappa shape index (κ2) is 10.4. The number of ether oxygens (including phenoxy) is 1. The van der Waals surface area contributed by atoms with Gasteiger partial charge in [-0.15, -0.1) is 0 Å². The summed E-state index contributed by atoms with van der Waals surface area (Å²) in [6, 6.07) is 14.6. The van der Waals surface area contributed by atoms with E-state index < -0.39 is 18.2 Å². The summed E-state index contributed by atoms with van der Waals surface area (Å²) in [5.41, 5.74) is 6.46. The van der Waals surface area contributed by atoms with Gasteiger partial charge in [0.1, 0.15) is 5.75 Å². The number of hydrazone groups is 1. The van der Waals surface area contributed by atoms with E-state index >= 15 is 0 Å². The van der Waals surface area contributed by atoms with Crippen molar-refractivity contribution < 1.29 is 17.9 Å². The maximum atomic E-state index is 13.0. The average Bonchev–Trinajstić information content (AvgIpc) is 2.79. The molecule has 0 amide bonds. The van der Waals surface area contributed by atoms with Gasteiger partial charge < -0.3 is 21.0 Å². The first-order valence-corrected chi connectivity index (χ1v) is 10.5. The second-order valence-electron chi connectivity index (χ2n) is 7.84. The van der Waals surface area contributed by atoms with Gasteiger partial charge >= 0.3 is 6.18 Å². The van der Waals surface area contributed by atoms with Gasteiger partial charge in [-0.05, 0) is 61.2 Å². The molecule has 0 saturated heterocycles. The monoisotopic (exact) mass is 473 g/mol. The quantitative estimate of drug-likeness (QED) is 0.135. The van der Waals surface area contributed by atoms with E-state index in [1.807, 2.05) is 31.2 Å². The van der Waals surface area contributed by atoms with Crippen molar-refractivity contribution in [1.82, 2.24) is 10.4 Å². The fourth-order valence-electron chi connectivity index (χ4n) is 3.52. The molecule has 180 valence electrons. The van der Waals surface area contributed by atoms with Crippen LogP contribution in [0.15, 0.2) is 58.4 Å². The third-order valence-corrected chi connectivity index (χ3v) is 5.25. The molecular weight excluding hydrogens is 447 g/mol. The molecule has 0 unspecified atom stereocenters. The zero-order chi connectivity index (χ0) is 24.9. The molecule has 0 saturated carbocycles. The van der Waals surface area contributed by atoms with Gasteiger partial charge in [-0.2, -0.15) is 18.3 Å². The second-order valence-corrected chi connectivity index (χ2v) is 7.84. The molecule has 0 radical (unpaired) electrons. The van der Waals surface area contributed by atoms with Crippen molar-refractivity contribution in [3.8, 4) is 28.1 Å². The van der Waals surface area contributed by atoms with E-state index in [1.165, 1.54) is 0 Å². The molecule has 0 spiro atoms. The highest BCUT2D eigenvalue weighted by atomic mass is 19.4. The summed E-state index contributed by atoms with van der Waals surface area (Å²) < 4.78 is 42.5. The average molecular weight is 473 g/mol. The van der Waals surface area contributed by atoms with Crippen LogP contribution >= 0.6 is 0 Å². The van der Waals surface area contributed by atoms with Crippen LogP contribution in [-0.4, -0.2) is 23.6 Å². The lowest BCUT2D eigenvalue weighted by molar-refractivity contribution is -0.136. The number of hydrogen-bond acceptors (Lipinski definition) is 5. The predicted octanol–water partition coefficient (Wildman–Crippen LogP) is 4.13. The van der Waals surface area contributed by atoms with E-state index in [2.05, 4.69) is 15.5 Å². The van der Waals surface area contributed by atoms with Crippen LogP contribution in [0.25, 0.3) is 22.4 Å². The number of H-pyrrole nitrogens is 1. The zero-order valence-electron chi connectivity index (χ0n) is 18.8. The summed E-state index contributed by atoms with van der Waals surface area (Å²) in [7, 11) is 0. The van der Waals surface area contributed by atoms with Crippen molar-refractivity contribution in [3.05, 3.63) is 75.6 Å². The summed E-state index contributed by atoms with van der Waals surface area (Å²) in [6.07, 6.45) is -5.23. The van der Waals surface area contributed by atoms with Crippen LogP contribution < -0.4 is 27.4 Å². The Hall–Kier alpha value is -3.79. The largest absolute Gasteiger partial charge is 0.493 e. The lowest BCUT2D eigenvalue weighted by atomic mass is 9.96. The van der Waals surface area contributed by atoms with E-state index in [1.54, 1.807) is 31.2 Å². The minimum absolute atomic E-state index is 0.0298. The number of hydrogen-bond donors (Lipinski definition) is 4. The summed E-state index contributed by atoms with van der Waals surface area (Å²) in [5.74, 6) is 11.5. The topological polar surface area (TPSA) is 119 Å². The molecule has 6 N–H and O–H groups in total. The molecule has 10 heteroatoms. The molecule has 1 heterocycles. The molecule has 34 heavy (non-hydrogen) atoms. The number of aryl methyl sites for hydroxylation is 2. The van der Waals surface area contributed by atoms with Gasteiger partial charge in [0.15, 0.2) is 5.84 Å². The van der Waals surface area contributed by atoms with Gasteiger partial charge in [0.25, 0.3) is 5.56 Å². The fraction of sp³-hybridized carbons (Fsp3) is 0.250. The molecule has 2 aromatic carbocycles. The van der Waals surface area contributed by atoms with E-state index in [-0.39, 0.29) is 24.4 Å². The lowest BCUT2D eigenvalue weighted by Crippen LogP contribution is -2.36. The Kier molecular flexibility index (Phi) is 7.62. The lowest BCUT2D eigenvalue weighted by Gasteiger charge is -2.15. The molecule has 7 nitrogen and oxygen atoms in total. The van der Waals surface area contributed by atoms with Gasteiger partial charge in [-0.1, -0.05) is 29.8 Å². The van der Waals surface area contributed by atoms with Crippen molar-refractivity contribution in [2.24, 2.45) is 16.8 Å². The maximum Gasteiger partial charge on any atom is 0.389 e. The number of alkyl halides is 3. The van der Waals surface area contributed by atoms with Crippen molar-refractivity contribution >= 4 is 5.84 Å². The van der Waals surface area contributed by atoms with Crippen molar-refractivity contribution in [1.29, 1.82) is 0 Å². The van der Waals surface area contributed by atoms with Gasteiger partial charge in [0.05, 0.1) is 12.2 Å². The number of nitrogens with zero attached hydrogens (tertiary/aromatic N) is 1. The standard InChI is InChI=1S/C24H26F3N5O2/c1-14-4-6-16(7-5-14)18-13-19(30-23(33)21(18)22(31-28)32-29)17-8-9-20(15(2)12-17)34-11-3-10-24(25,26)27/h4-9,12-13H,3,10-11,28-29H2,1-2H3,(H,30,33)(H,31,32). The van der Waals surface area contributed by atoms with E-state index in [9.17, 15) is 18.0 Å². The highest BCUT2D eigenvalue weighted by molar-refractivity contribution is 6.04. The summed E-state index contributed by atoms with van der Waals surface area (Å²) in [4.78, 5) is 15.9. The number of aromatic nitrogens is 1. The predicted molar refractivity (Wildman–Crippen MR) is 126 cm³/mol. The first-order chi connectivity index (χ1) is 16.1. The number of nitrogens with one attached hydrogen (secondary N) is 2. The highest BCUT2D eigenvalue weighted by Crippen LogP contribution is 2.30. The Bertz CT molecular complexity index is 1230. The van der Waals surface area contributed by atoms with E-state index in [0.29, 0.717) is 22.6 Å². The minimum Gasteiger partial charge on any atom is -0.493 e. The third kappa shape index (κ3) is 5.96. The van der Waals surface area contributed by atoms with Crippen LogP contribution in [-0.2, 0) is 0 Å². The Balaban J connectivity index is 1.98. The Morgan fingerprint density at radius 1 is 1.09 bits per heavy atom. The zero-order valence-corrected chi connectivity index (χ0v) is 18.8. The number of nitrogens with two attached hydrogens (primary N) is 2. The molecule has 0 aliphatic heterocycles. The van der Waals surface area contributed by atoms with Crippen LogP contribution in [0, 0.1) is 13.8 Å². The molecule has 0 fully saturated rings. The minimum atomic E-state index is -4.21. The van der Waals surface area contributed by atoms with Gasteiger partial charge in [-0.3, -0.25) is 4.79 Å². The van der Waals surface area contributed by atoms with Crippen molar-refractivity contribution in [2.45, 2.75) is 32.9 Å². The molecule has 0 aliphatic rings. The number of hydrazine groups is 1. The molecule has 3 rings (SSSR count). The normalized spacial score (nSPS) is 12.0. The number of aromatic amines is 1. The number of pyridine rings is 1. The number of halogens is 3. The number of benzene rings is 2. The molecule has 1 aromatic heterocycles. The Labute approximate surface area is 194 Å². The van der Waals surface area contributed by atoms with Crippen molar-refractivity contribution in [2.75, 3.05) is 6.61 Å². The van der Waals surface area contributed by atoms with Crippen LogP contribution in [0.4, 0.5) is 13.2 Å². The fourth-order valence-corrected chi connectivity index (χ4v) is 3.52. The molecular formula is C24H26F3N5O2. The first-order valence-electron chi connectivity index (χ1n) is 10.5. The van der Waals surface area contributed by atoms with Gasteiger partial charge in [0, 0.05) is 17.7 Å². The summed E-state index contributed by atoms with van der Waals surface area (Å²) in [5, 5.41) is 3.59. The molecule has 0 bridgehead atoms. The number of rotatable bonds is 7. The van der Waals surface area contributed by atoms with E-state index in [4.69, 9.17) is 16.4 Å². The van der Waals surface area contributed by atoms with Crippen LogP contribution in [0.3, 0.4) is 0 Å². The maximum absolute atomic E-state index is 13.0. The summed E-state index contributed by atoms with van der Waals surface area (Å²) >= 11 is 0. The van der Waals surface area contributed by atoms with Crippen LogP contribution in [0.2, 0.25) is 0 Å². The Morgan fingerprint density at radius 3 is 2.35 bits per heavy atom. The molecule has 3 aromatic rings. The van der Waals surface area contributed by atoms with Crippen LogP contribution in [0.5, 0.6) is 5.75 Å². The number of amidine groups is 1. The summed E-state index contributed by atoms with van der Waals surface area (Å²) in [6.45, 7) is 3.70. The molecule has 0 atom stereocenters. The highest BCUT2D eigenvalue weighted by Gasteiger charge is 2.26. The third-order valence-electron chi connectivity index (χ3n) is 5.25. The Morgan fingerprint density at radius 2 is 1.76 bits per heavy atom. The van der Waals surface area contributed by atoms with Gasteiger partial charge in [-0.25, -0.2) is 5.84 Å². The van der Waals surface area contributed by atoms with Crippen molar-refractivity contribution in [3.63, 3.8) is 0 Å². The first kappa shape index (κ1) is 24.8. The molecule has 0 aliphatic carbocycles. The van der Waals surface area contributed by atoms with Crippen LogP contribution in [0.1, 0.15) is 29.5 Å². The smallest absolute Gasteiger partial charge is 0.389 e. The SMILES string of the molecule is Cc1ccc(-c2cc(-c3ccc(OCCCC(F)(F)F)c(C)c3)[nH]c(=O)c2/C(=N/N)NN)cc1. The van der Waals surface area contributed by atoms with E-state index in [0.717, 1.165) is 16.7 Å².